The lowest BCUT2D eigenvalue weighted by Gasteiger charge is -2.14. The molecule has 5 heteroatoms. The Kier molecular flexibility index (Phi) is 4.93. The smallest absolute Gasteiger partial charge is 0.150 e. The van der Waals surface area contributed by atoms with Crippen molar-refractivity contribution in [3.8, 4) is 17.1 Å². The number of carbonyl (C=O) groups excluding carboxylic acids is 1. The predicted octanol–water partition coefficient (Wildman–Crippen LogP) is 3.83. The first-order chi connectivity index (χ1) is 12.1. The predicted molar refractivity (Wildman–Crippen MR) is 96.7 cm³/mol. The molecule has 0 radical (unpaired) electrons. The average molecular weight is 335 g/mol. The van der Waals surface area contributed by atoms with E-state index in [-0.39, 0.29) is 11.8 Å². The molecule has 3 rings (SSSR count). The molecule has 0 saturated carbocycles. The molecular formula is C20H21N3O2. The van der Waals surface area contributed by atoms with Crippen LogP contribution in [0.15, 0.2) is 48.8 Å². The maximum atomic E-state index is 11.2. The average Bonchev–Trinajstić information content (AvgIpc) is 3.10. The second-order valence-electron chi connectivity index (χ2n) is 6.27. The summed E-state index contributed by atoms with van der Waals surface area (Å²) in [5.74, 6) is 0.171. The van der Waals surface area contributed by atoms with Crippen LogP contribution in [0.4, 0.5) is 0 Å². The first-order valence-electron chi connectivity index (χ1n) is 8.35. The Morgan fingerprint density at radius 1 is 1.12 bits per heavy atom. The van der Waals surface area contributed by atoms with Crippen LogP contribution in [-0.2, 0) is 12.8 Å². The summed E-state index contributed by atoms with van der Waals surface area (Å²) in [6.07, 6.45) is 5.76. The minimum absolute atomic E-state index is 0.171. The molecule has 0 atom stereocenters. The number of aromatic nitrogens is 3. The molecule has 0 unspecified atom stereocenters. The van der Waals surface area contributed by atoms with Crippen LogP contribution in [0.5, 0.6) is 5.75 Å². The Hall–Kier alpha value is -2.95. The third kappa shape index (κ3) is 3.60. The van der Waals surface area contributed by atoms with E-state index in [4.69, 9.17) is 0 Å². The number of hydrogen-bond donors (Lipinski definition) is 1. The third-order valence-corrected chi connectivity index (χ3v) is 4.21. The van der Waals surface area contributed by atoms with E-state index in [0.29, 0.717) is 12.0 Å². The fourth-order valence-corrected chi connectivity index (χ4v) is 2.98. The molecule has 0 saturated heterocycles. The van der Waals surface area contributed by atoms with Crippen molar-refractivity contribution in [1.29, 1.82) is 0 Å². The summed E-state index contributed by atoms with van der Waals surface area (Å²) in [6.45, 7) is 4.17. The van der Waals surface area contributed by atoms with Crippen LogP contribution < -0.4 is 0 Å². The number of pyridine rings is 1. The van der Waals surface area contributed by atoms with E-state index in [1.54, 1.807) is 24.5 Å². The molecule has 1 aromatic carbocycles. The molecular weight excluding hydrogens is 314 g/mol. The molecule has 0 spiro atoms. The summed E-state index contributed by atoms with van der Waals surface area (Å²) in [5, 5.41) is 14.1. The molecule has 0 aliphatic rings. The number of rotatable bonds is 6. The van der Waals surface area contributed by atoms with Crippen molar-refractivity contribution in [1.82, 2.24) is 14.8 Å². The van der Waals surface area contributed by atoms with Gasteiger partial charge in [-0.1, -0.05) is 6.07 Å². The van der Waals surface area contributed by atoms with Crippen molar-refractivity contribution in [2.75, 3.05) is 0 Å². The molecule has 0 bridgehead atoms. The Morgan fingerprint density at radius 2 is 1.92 bits per heavy atom. The summed E-state index contributed by atoms with van der Waals surface area (Å²) in [6, 6.07) is 11.0. The largest absolute Gasteiger partial charge is 0.508 e. The lowest BCUT2D eigenvalue weighted by atomic mass is 9.98. The Morgan fingerprint density at radius 3 is 2.68 bits per heavy atom. The highest BCUT2D eigenvalue weighted by atomic mass is 16.3. The van der Waals surface area contributed by atoms with Crippen LogP contribution in [0.2, 0.25) is 0 Å². The zero-order valence-electron chi connectivity index (χ0n) is 14.4. The van der Waals surface area contributed by atoms with Gasteiger partial charge in [0.1, 0.15) is 12.0 Å². The van der Waals surface area contributed by atoms with Gasteiger partial charge in [-0.3, -0.25) is 14.5 Å². The topological polar surface area (TPSA) is 68.0 Å². The molecule has 3 aromatic rings. The van der Waals surface area contributed by atoms with Gasteiger partial charge in [-0.05, 0) is 68.1 Å². The van der Waals surface area contributed by atoms with Gasteiger partial charge >= 0.3 is 0 Å². The quantitative estimate of drug-likeness (QED) is 0.695. The van der Waals surface area contributed by atoms with Gasteiger partial charge in [-0.2, -0.15) is 5.10 Å². The summed E-state index contributed by atoms with van der Waals surface area (Å²) >= 11 is 0. The van der Waals surface area contributed by atoms with Crippen LogP contribution in [0.25, 0.3) is 11.4 Å². The minimum atomic E-state index is 0.171. The third-order valence-electron chi connectivity index (χ3n) is 4.21. The van der Waals surface area contributed by atoms with Crippen LogP contribution >= 0.6 is 0 Å². The highest BCUT2D eigenvalue weighted by Crippen LogP contribution is 2.25. The van der Waals surface area contributed by atoms with E-state index < -0.39 is 0 Å². The number of aryl methyl sites for hydroxylation is 2. The van der Waals surface area contributed by atoms with Crippen LogP contribution in [0, 0.1) is 0 Å². The Bertz CT molecular complexity index is 884. The van der Waals surface area contributed by atoms with Gasteiger partial charge in [0, 0.05) is 24.0 Å². The van der Waals surface area contributed by atoms with E-state index in [0.717, 1.165) is 35.2 Å². The SMILES string of the molecule is CC(C)n1nccc1-c1ncccc1CCc1cc(O)ccc1C=O. The van der Waals surface area contributed by atoms with Gasteiger partial charge in [-0.25, -0.2) is 0 Å². The molecule has 0 aliphatic carbocycles. The standard InChI is InChI=1S/C20H21N3O2/c1-14(2)23-19(9-11-22-23)20-15(4-3-10-21-20)5-6-16-12-18(25)8-7-17(16)13-24/h3-4,7-14,25H,5-6H2,1-2H3. The number of nitrogens with zero attached hydrogens (tertiary/aromatic N) is 3. The summed E-state index contributed by atoms with van der Waals surface area (Å²) < 4.78 is 1.96. The van der Waals surface area contributed by atoms with Crippen LogP contribution in [0.1, 0.15) is 41.4 Å². The first kappa shape index (κ1) is 16.9. The highest BCUT2D eigenvalue weighted by Gasteiger charge is 2.14. The Balaban J connectivity index is 1.91. The van der Waals surface area contributed by atoms with Crippen molar-refractivity contribution in [2.24, 2.45) is 0 Å². The van der Waals surface area contributed by atoms with Crippen molar-refractivity contribution >= 4 is 6.29 Å². The fourth-order valence-electron chi connectivity index (χ4n) is 2.98. The van der Waals surface area contributed by atoms with Gasteiger partial charge in [0.25, 0.3) is 0 Å². The van der Waals surface area contributed by atoms with E-state index >= 15 is 0 Å². The van der Waals surface area contributed by atoms with Crippen molar-refractivity contribution in [2.45, 2.75) is 32.7 Å². The van der Waals surface area contributed by atoms with E-state index in [1.807, 2.05) is 22.9 Å². The lowest BCUT2D eigenvalue weighted by Crippen LogP contribution is -2.07. The molecule has 0 amide bonds. The second-order valence-corrected chi connectivity index (χ2v) is 6.27. The molecule has 5 nitrogen and oxygen atoms in total. The van der Waals surface area contributed by atoms with Gasteiger partial charge < -0.3 is 5.11 Å². The molecule has 0 fully saturated rings. The first-order valence-corrected chi connectivity index (χ1v) is 8.35. The molecule has 0 aliphatic heterocycles. The number of benzene rings is 1. The summed E-state index contributed by atoms with van der Waals surface area (Å²) in [5.41, 5.74) is 4.42. The molecule has 128 valence electrons. The minimum Gasteiger partial charge on any atom is -0.508 e. The van der Waals surface area contributed by atoms with Crippen molar-refractivity contribution in [3.63, 3.8) is 0 Å². The normalized spacial score (nSPS) is 11.0. The molecule has 1 N–H and O–H groups in total. The highest BCUT2D eigenvalue weighted by molar-refractivity contribution is 5.77. The summed E-state index contributed by atoms with van der Waals surface area (Å²) in [7, 11) is 0. The van der Waals surface area contributed by atoms with Gasteiger partial charge in [0.05, 0.1) is 11.4 Å². The van der Waals surface area contributed by atoms with Gasteiger partial charge in [0.2, 0.25) is 0 Å². The van der Waals surface area contributed by atoms with Gasteiger partial charge in [-0.15, -0.1) is 0 Å². The molecule has 2 aromatic heterocycles. The number of carbonyl (C=O) groups is 1. The molecule has 25 heavy (non-hydrogen) atoms. The van der Waals surface area contributed by atoms with E-state index in [1.165, 1.54) is 6.07 Å². The fraction of sp³-hybridized carbons (Fsp3) is 0.250. The maximum Gasteiger partial charge on any atom is 0.150 e. The van der Waals surface area contributed by atoms with Crippen molar-refractivity contribution < 1.29 is 9.90 Å². The lowest BCUT2D eigenvalue weighted by molar-refractivity contribution is 0.112. The number of aromatic hydroxyl groups is 1. The summed E-state index contributed by atoms with van der Waals surface area (Å²) in [4.78, 5) is 15.8. The van der Waals surface area contributed by atoms with Crippen molar-refractivity contribution in [3.05, 3.63) is 65.5 Å². The van der Waals surface area contributed by atoms with Crippen LogP contribution in [0.3, 0.4) is 0 Å². The second kappa shape index (κ2) is 7.30. The molecule has 2 heterocycles. The zero-order valence-corrected chi connectivity index (χ0v) is 14.4. The zero-order chi connectivity index (χ0) is 17.8. The maximum absolute atomic E-state index is 11.2. The number of hydrogen-bond acceptors (Lipinski definition) is 4. The van der Waals surface area contributed by atoms with Crippen LogP contribution in [-0.4, -0.2) is 26.2 Å². The number of aldehydes is 1. The number of phenols is 1. The number of phenolic OH excluding ortho intramolecular Hbond substituents is 1. The van der Waals surface area contributed by atoms with E-state index in [9.17, 15) is 9.90 Å². The Labute approximate surface area is 147 Å². The van der Waals surface area contributed by atoms with E-state index in [2.05, 4.69) is 23.9 Å². The monoisotopic (exact) mass is 335 g/mol. The van der Waals surface area contributed by atoms with Gasteiger partial charge in [0.15, 0.2) is 0 Å².